The Balaban J connectivity index is 3.78. The zero-order valence-electron chi connectivity index (χ0n) is 41.1. The number of aliphatic hydroxyl groups excluding tert-OH is 2. The van der Waals surface area contributed by atoms with Gasteiger partial charge in [-0.3, -0.25) is 18.6 Å². The highest BCUT2D eigenvalue weighted by Crippen LogP contribution is 2.43. The lowest BCUT2D eigenvalue weighted by Gasteiger charge is -2.20. The number of carbonyl (C=O) groups is 2. The van der Waals surface area contributed by atoms with Gasteiger partial charge in [0.05, 0.1) is 26.4 Å². The van der Waals surface area contributed by atoms with Gasteiger partial charge in [-0.25, -0.2) is 4.57 Å². The van der Waals surface area contributed by atoms with Crippen LogP contribution in [0.5, 0.6) is 0 Å². The molecular weight excluding hydrogens is 816 g/mol. The molecule has 0 saturated heterocycles. The Kier molecular flexibility index (Phi) is 47.6. The quantitative estimate of drug-likeness (QED) is 0.0233. The molecule has 0 amide bonds. The molecule has 0 rings (SSSR count). The molecule has 0 bridgehead atoms. The molecule has 0 aromatic heterocycles. The Morgan fingerprint density at radius 3 is 0.905 bits per heavy atom. The molecule has 63 heavy (non-hydrogen) atoms. The second-order valence-corrected chi connectivity index (χ2v) is 19.7. The fraction of sp³-hybridized carbons (Fsp3) is 0.923. The molecule has 374 valence electrons. The number of hydrogen-bond donors (Lipinski definition) is 3. The Morgan fingerprint density at radius 1 is 0.413 bits per heavy atom. The second kappa shape index (κ2) is 48.6. The monoisotopic (exact) mass is 917 g/mol. The van der Waals surface area contributed by atoms with Crippen LogP contribution in [-0.4, -0.2) is 65.7 Å². The van der Waals surface area contributed by atoms with E-state index >= 15 is 0 Å². The summed E-state index contributed by atoms with van der Waals surface area (Å²) in [7, 11) is -4.64. The summed E-state index contributed by atoms with van der Waals surface area (Å²) in [5.74, 6) is -1.00. The summed E-state index contributed by atoms with van der Waals surface area (Å²) in [6.07, 6.45) is 50.5. The minimum absolute atomic E-state index is 0.196. The van der Waals surface area contributed by atoms with Crippen LogP contribution in [0.4, 0.5) is 0 Å². The smallest absolute Gasteiger partial charge is 0.457 e. The third-order valence-corrected chi connectivity index (χ3v) is 12.9. The molecule has 3 atom stereocenters. The molecule has 0 saturated carbocycles. The zero-order valence-corrected chi connectivity index (χ0v) is 42.0. The SMILES string of the molecule is CCCCCCCCCC/C=C\CCCCCCCCCCCCCC(=O)OC(CO)COP(=O)(O)OCC(CO)OC(=O)CCCCCCCCCCCCCCCCCCC. The van der Waals surface area contributed by atoms with Gasteiger partial charge >= 0.3 is 19.8 Å². The lowest BCUT2D eigenvalue weighted by atomic mass is 10.0. The molecule has 11 heteroatoms. The summed E-state index contributed by atoms with van der Waals surface area (Å²) in [4.78, 5) is 34.7. The molecule has 0 spiro atoms. The van der Waals surface area contributed by atoms with Gasteiger partial charge in [-0.05, 0) is 38.5 Å². The highest BCUT2D eigenvalue weighted by atomic mass is 31.2. The zero-order chi connectivity index (χ0) is 46.2. The molecule has 0 radical (unpaired) electrons. The number of unbranched alkanes of at least 4 members (excludes halogenated alkanes) is 35. The summed E-state index contributed by atoms with van der Waals surface area (Å²) in [6.45, 7) is 2.27. The maximum absolute atomic E-state index is 12.4. The van der Waals surface area contributed by atoms with Crippen LogP contribution in [0.1, 0.15) is 271 Å². The first-order chi connectivity index (χ1) is 30.8. The summed E-state index contributed by atoms with van der Waals surface area (Å²) < 4.78 is 32.8. The molecule has 0 aliphatic rings. The predicted octanol–water partition coefficient (Wildman–Crippen LogP) is 15.1. The highest BCUT2D eigenvalue weighted by molar-refractivity contribution is 7.47. The average Bonchev–Trinajstić information content (AvgIpc) is 3.27. The van der Waals surface area contributed by atoms with E-state index in [4.69, 9.17) is 18.5 Å². The molecule has 0 fully saturated rings. The van der Waals surface area contributed by atoms with Gasteiger partial charge < -0.3 is 24.6 Å². The van der Waals surface area contributed by atoms with Crippen molar-refractivity contribution in [2.45, 2.75) is 283 Å². The van der Waals surface area contributed by atoms with Crippen molar-refractivity contribution in [2.24, 2.45) is 0 Å². The van der Waals surface area contributed by atoms with Gasteiger partial charge in [0.25, 0.3) is 0 Å². The minimum atomic E-state index is -4.64. The lowest BCUT2D eigenvalue weighted by Crippen LogP contribution is -2.28. The topological polar surface area (TPSA) is 149 Å². The third kappa shape index (κ3) is 47.0. The van der Waals surface area contributed by atoms with E-state index in [-0.39, 0.29) is 12.8 Å². The van der Waals surface area contributed by atoms with Crippen LogP contribution in [0.3, 0.4) is 0 Å². The number of allylic oxidation sites excluding steroid dienone is 2. The van der Waals surface area contributed by atoms with Crippen molar-refractivity contribution in [3.63, 3.8) is 0 Å². The van der Waals surface area contributed by atoms with Crippen molar-refractivity contribution in [3.05, 3.63) is 12.2 Å². The highest BCUT2D eigenvalue weighted by Gasteiger charge is 2.27. The van der Waals surface area contributed by atoms with E-state index in [1.54, 1.807) is 0 Å². The first-order valence-corrected chi connectivity index (χ1v) is 28.1. The van der Waals surface area contributed by atoms with E-state index in [2.05, 4.69) is 26.0 Å². The van der Waals surface area contributed by atoms with Gasteiger partial charge in [0.2, 0.25) is 0 Å². The minimum Gasteiger partial charge on any atom is -0.457 e. The number of rotatable bonds is 51. The molecule has 3 N–H and O–H groups in total. The van der Waals surface area contributed by atoms with E-state index in [1.807, 2.05) is 0 Å². The van der Waals surface area contributed by atoms with Crippen molar-refractivity contribution in [2.75, 3.05) is 26.4 Å². The van der Waals surface area contributed by atoms with E-state index in [0.29, 0.717) is 12.8 Å². The number of phosphoric ester groups is 1. The Bertz CT molecular complexity index is 1060. The van der Waals surface area contributed by atoms with Gasteiger partial charge in [-0.1, -0.05) is 231 Å². The molecule has 0 aromatic rings. The van der Waals surface area contributed by atoms with E-state index in [9.17, 15) is 29.3 Å². The number of esters is 2. The molecule has 10 nitrogen and oxygen atoms in total. The number of ether oxygens (including phenoxy) is 2. The third-order valence-electron chi connectivity index (χ3n) is 12.0. The van der Waals surface area contributed by atoms with Crippen LogP contribution >= 0.6 is 7.82 Å². The normalized spacial score (nSPS) is 13.7. The van der Waals surface area contributed by atoms with Crippen molar-refractivity contribution in [1.82, 2.24) is 0 Å². The van der Waals surface area contributed by atoms with Crippen molar-refractivity contribution < 1.29 is 47.8 Å². The summed E-state index contributed by atoms with van der Waals surface area (Å²) >= 11 is 0. The fourth-order valence-electron chi connectivity index (χ4n) is 7.88. The molecular formula is C52H101O10P. The van der Waals surface area contributed by atoms with Gasteiger partial charge in [-0.2, -0.15) is 0 Å². The van der Waals surface area contributed by atoms with Gasteiger partial charge in [0.15, 0.2) is 0 Å². The van der Waals surface area contributed by atoms with Crippen molar-refractivity contribution in [1.29, 1.82) is 0 Å². The molecule has 0 aliphatic heterocycles. The molecule has 0 aromatic carbocycles. The first-order valence-electron chi connectivity index (χ1n) is 26.6. The Hall–Kier alpha value is -1.29. The lowest BCUT2D eigenvalue weighted by molar-refractivity contribution is -0.153. The van der Waals surface area contributed by atoms with Crippen LogP contribution < -0.4 is 0 Å². The van der Waals surface area contributed by atoms with Gasteiger partial charge in [-0.15, -0.1) is 0 Å². The maximum atomic E-state index is 12.4. The van der Waals surface area contributed by atoms with Crippen LogP contribution in [0.15, 0.2) is 12.2 Å². The summed E-state index contributed by atoms with van der Waals surface area (Å²) in [5, 5.41) is 19.3. The number of carbonyl (C=O) groups excluding carboxylic acids is 2. The van der Waals surface area contributed by atoms with Crippen molar-refractivity contribution >= 4 is 19.8 Å². The summed E-state index contributed by atoms with van der Waals surface area (Å²) in [5.41, 5.74) is 0. The van der Waals surface area contributed by atoms with E-state index < -0.39 is 58.4 Å². The van der Waals surface area contributed by atoms with Gasteiger partial charge in [0, 0.05) is 12.8 Å². The standard InChI is InChI=1S/C52H101O10P/c1-3-5-7-9-11-13-15-17-19-21-22-23-24-25-26-28-30-32-34-36-38-40-42-44-52(56)62-50(46-54)48-60-63(57,58)59-47-49(45-53)61-51(55)43-41-39-37-35-33-31-29-27-20-18-16-14-12-10-8-6-4-2/h21-22,49-50,53-54H,3-20,23-48H2,1-2H3,(H,57,58)/b22-21-. The van der Waals surface area contributed by atoms with Crippen LogP contribution in [0, 0.1) is 0 Å². The molecule has 0 heterocycles. The molecule has 0 aliphatic carbocycles. The van der Waals surface area contributed by atoms with Crippen LogP contribution in [0.2, 0.25) is 0 Å². The summed E-state index contributed by atoms with van der Waals surface area (Å²) in [6, 6.07) is 0. The van der Waals surface area contributed by atoms with E-state index in [0.717, 1.165) is 38.5 Å². The Morgan fingerprint density at radius 2 is 0.651 bits per heavy atom. The van der Waals surface area contributed by atoms with Crippen LogP contribution in [-0.2, 0) is 32.7 Å². The van der Waals surface area contributed by atoms with E-state index in [1.165, 1.54) is 193 Å². The second-order valence-electron chi connectivity index (χ2n) is 18.2. The maximum Gasteiger partial charge on any atom is 0.472 e. The number of phosphoric acid groups is 1. The van der Waals surface area contributed by atoms with Crippen molar-refractivity contribution in [3.8, 4) is 0 Å². The largest absolute Gasteiger partial charge is 0.472 e. The first kappa shape index (κ1) is 61.7. The Labute approximate surface area is 387 Å². The number of aliphatic hydroxyl groups is 2. The van der Waals surface area contributed by atoms with Gasteiger partial charge in [0.1, 0.15) is 12.2 Å². The average molecular weight is 917 g/mol. The van der Waals surface area contributed by atoms with Crippen LogP contribution in [0.25, 0.3) is 0 Å². The molecule has 3 unspecified atom stereocenters. The predicted molar refractivity (Wildman–Crippen MR) is 261 cm³/mol. The fourth-order valence-corrected chi connectivity index (χ4v) is 8.66. The number of hydrogen-bond acceptors (Lipinski definition) is 9.